The zero-order valence-electron chi connectivity index (χ0n) is 7.16. The van der Waals surface area contributed by atoms with Gasteiger partial charge in [0.2, 0.25) is 0 Å². The minimum Gasteiger partial charge on any atom is -0.306 e. The van der Waals surface area contributed by atoms with E-state index in [1.54, 1.807) is 4.57 Å². The molecule has 2 nitrogen and oxygen atoms in total. The first-order chi connectivity index (χ1) is 5.84. The average Bonchev–Trinajstić information content (AvgIpc) is 2.46. The summed E-state index contributed by atoms with van der Waals surface area (Å²) in [4.78, 5) is 11.2. The van der Waals surface area contributed by atoms with Crippen molar-refractivity contribution in [2.24, 2.45) is 0 Å². The quantitative estimate of drug-likeness (QED) is 0.683. The molecule has 0 radical (unpaired) electrons. The van der Waals surface area contributed by atoms with Crippen LogP contribution in [0.4, 0.5) is 0 Å². The van der Waals surface area contributed by atoms with E-state index in [1.165, 1.54) is 17.1 Å². The molecule has 1 aromatic heterocycles. The summed E-state index contributed by atoms with van der Waals surface area (Å²) in [5.74, 6) is 2.32. The largest absolute Gasteiger partial charge is 0.307 e. The van der Waals surface area contributed by atoms with Gasteiger partial charge in [-0.05, 0) is 17.9 Å². The van der Waals surface area contributed by atoms with E-state index in [9.17, 15) is 4.79 Å². The third-order valence-electron chi connectivity index (χ3n) is 1.54. The molecule has 0 bridgehead atoms. The SMILES string of the molecule is CCSCCCn1ccsc1=O. The summed E-state index contributed by atoms with van der Waals surface area (Å²) >= 11 is 3.19. The molecule has 0 aromatic carbocycles. The number of aryl methyl sites for hydroxylation is 1. The molecular weight excluding hydrogens is 190 g/mol. The molecule has 1 heterocycles. The molecule has 0 amide bonds. The van der Waals surface area contributed by atoms with Crippen LogP contribution in [0.2, 0.25) is 0 Å². The lowest BCUT2D eigenvalue weighted by atomic mass is 10.5. The highest BCUT2D eigenvalue weighted by molar-refractivity contribution is 7.99. The van der Waals surface area contributed by atoms with E-state index in [0.717, 1.165) is 18.7 Å². The summed E-state index contributed by atoms with van der Waals surface area (Å²) in [5.41, 5.74) is 0. The van der Waals surface area contributed by atoms with Gasteiger partial charge in [0.15, 0.2) is 0 Å². The molecule has 0 fully saturated rings. The van der Waals surface area contributed by atoms with E-state index in [2.05, 4.69) is 6.92 Å². The van der Waals surface area contributed by atoms with Crippen LogP contribution in [0.1, 0.15) is 13.3 Å². The number of aromatic nitrogens is 1. The summed E-state index contributed by atoms with van der Waals surface area (Å²) < 4.78 is 1.78. The second kappa shape index (κ2) is 5.43. The van der Waals surface area contributed by atoms with Gasteiger partial charge in [0, 0.05) is 18.1 Å². The Labute approximate surface area is 80.6 Å². The molecule has 0 saturated carbocycles. The fraction of sp³-hybridized carbons (Fsp3) is 0.625. The van der Waals surface area contributed by atoms with Crippen LogP contribution in [0.25, 0.3) is 0 Å². The van der Waals surface area contributed by atoms with Gasteiger partial charge < -0.3 is 4.57 Å². The highest BCUT2D eigenvalue weighted by Crippen LogP contribution is 2.02. The van der Waals surface area contributed by atoms with Gasteiger partial charge in [0.25, 0.3) is 0 Å². The van der Waals surface area contributed by atoms with Crippen molar-refractivity contribution >= 4 is 23.1 Å². The van der Waals surface area contributed by atoms with Gasteiger partial charge >= 0.3 is 4.87 Å². The standard InChI is InChI=1S/C8H13NOS2/c1-2-11-6-3-4-9-5-7-12-8(9)10/h5,7H,2-4,6H2,1H3. The van der Waals surface area contributed by atoms with Gasteiger partial charge in [-0.25, -0.2) is 0 Å². The Bertz CT molecular complexity index is 266. The Morgan fingerprint density at radius 3 is 3.08 bits per heavy atom. The maximum atomic E-state index is 11.1. The Balaban J connectivity index is 2.24. The molecule has 0 aliphatic heterocycles. The molecule has 1 aromatic rings. The van der Waals surface area contributed by atoms with Crippen molar-refractivity contribution in [1.82, 2.24) is 4.57 Å². The highest BCUT2D eigenvalue weighted by Gasteiger charge is 1.94. The van der Waals surface area contributed by atoms with E-state index in [4.69, 9.17) is 0 Å². The monoisotopic (exact) mass is 203 g/mol. The number of hydrogen-bond donors (Lipinski definition) is 0. The van der Waals surface area contributed by atoms with Crippen LogP contribution in [0.15, 0.2) is 16.4 Å². The average molecular weight is 203 g/mol. The first kappa shape index (κ1) is 9.86. The number of thioether (sulfide) groups is 1. The zero-order valence-corrected chi connectivity index (χ0v) is 8.79. The third kappa shape index (κ3) is 3.03. The van der Waals surface area contributed by atoms with Crippen LogP contribution < -0.4 is 4.87 Å². The van der Waals surface area contributed by atoms with Crippen molar-refractivity contribution in [3.8, 4) is 0 Å². The first-order valence-corrected chi connectivity index (χ1v) is 6.09. The van der Waals surface area contributed by atoms with Crippen LogP contribution in [-0.2, 0) is 6.54 Å². The van der Waals surface area contributed by atoms with Crippen molar-refractivity contribution in [2.45, 2.75) is 19.9 Å². The minimum atomic E-state index is 0.163. The van der Waals surface area contributed by atoms with E-state index < -0.39 is 0 Å². The lowest BCUT2D eigenvalue weighted by Crippen LogP contribution is -2.12. The lowest BCUT2D eigenvalue weighted by Gasteiger charge is -1.99. The Morgan fingerprint density at radius 2 is 2.50 bits per heavy atom. The normalized spacial score (nSPS) is 10.4. The number of nitrogens with zero attached hydrogens (tertiary/aromatic N) is 1. The van der Waals surface area contributed by atoms with Crippen molar-refractivity contribution in [1.29, 1.82) is 0 Å². The Kier molecular flexibility index (Phi) is 4.46. The molecule has 0 atom stereocenters. The smallest absolute Gasteiger partial charge is 0.306 e. The second-order valence-corrected chi connectivity index (χ2v) is 4.66. The minimum absolute atomic E-state index is 0.163. The maximum absolute atomic E-state index is 11.1. The molecule has 0 aliphatic rings. The topological polar surface area (TPSA) is 22.0 Å². The van der Waals surface area contributed by atoms with Crippen LogP contribution in [0.5, 0.6) is 0 Å². The fourth-order valence-electron chi connectivity index (χ4n) is 0.938. The van der Waals surface area contributed by atoms with Gasteiger partial charge in [0.1, 0.15) is 0 Å². The van der Waals surface area contributed by atoms with E-state index >= 15 is 0 Å². The van der Waals surface area contributed by atoms with Crippen LogP contribution in [0, 0.1) is 0 Å². The van der Waals surface area contributed by atoms with E-state index in [0.29, 0.717) is 0 Å². The molecule has 12 heavy (non-hydrogen) atoms. The third-order valence-corrected chi connectivity index (χ3v) is 3.22. The molecular formula is C8H13NOS2. The van der Waals surface area contributed by atoms with Gasteiger partial charge in [0.05, 0.1) is 0 Å². The maximum Gasteiger partial charge on any atom is 0.307 e. The predicted molar refractivity (Wildman–Crippen MR) is 56.2 cm³/mol. The molecule has 0 unspecified atom stereocenters. The summed E-state index contributed by atoms with van der Waals surface area (Å²) in [7, 11) is 0. The van der Waals surface area contributed by atoms with Crippen molar-refractivity contribution in [3.05, 3.63) is 21.2 Å². The summed E-state index contributed by atoms with van der Waals surface area (Å²) in [6.07, 6.45) is 2.96. The zero-order chi connectivity index (χ0) is 8.81. The second-order valence-electron chi connectivity index (χ2n) is 2.41. The Hall–Kier alpha value is -0.220. The van der Waals surface area contributed by atoms with Crippen LogP contribution in [-0.4, -0.2) is 16.1 Å². The molecule has 68 valence electrons. The predicted octanol–water partition coefficient (Wildman–Crippen LogP) is 2.05. The number of hydrogen-bond acceptors (Lipinski definition) is 3. The van der Waals surface area contributed by atoms with Gasteiger partial charge in [-0.2, -0.15) is 11.8 Å². The van der Waals surface area contributed by atoms with E-state index in [1.807, 2.05) is 23.3 Å². The molecule has 1 rings (SSSR count). The van der Waals surface area contributed by atoms with Crippen molar-refractivity contribution < 1.29 is 0 Å². The van der Waals surface area contributed by atoms with E-state index in [-0.39, 0.29) is 4.87 Å². The molecule has 0 aliphatic carbocycles. The first-order valence-electron chi connectivity index (χ1n) is 4.06. The van der Waals surface area contributed by atoms with Gasteiger partial charge in [-0.15, -0.1) is 0 Å². The summed E-state index contributed by atoms with van der Waals surface area (Å²) in [6.45, 7) is 3.02. The highest BCUT2D eigenvalue weighted by atomic mass is 32.2. The molecule has 0 N–H and O–H groups in total. The summed E-state index contributed by atoms with van der Waals surface area (Å²) in [6, 6.07) is 0. The van der Waals surface area contributed by atoms with Gasteiger partial charge in [-0.1, -0.05) is 18.3 Å². The van der Waals surface area contributed by atoms with Gasteiger partial charge in [-0.3, -0.25) is 4.79 Å². The summed E-state index contributed by atoms with van der Waals surface area (Å²) in [5, 5.41) is 1.84. The molecule has 0 saturated heterocycles. The van der Waals surface area contributed by atoms with Crippen molar-refractivity contribution in [3.63, 3.8) is 0 Å². The van der Waals surface area contributed by atoms with Crippen LogP contribution >= 0.6 is 23.1 Å². The van der Waals surface area contributed by atoms with Crippen molar-refractivity contribution in [2.75, 3.05) is 11.5 Å². The van der Waals surface area contributed by atoms with Crippen LogP contribution in [0.3, 0.4) is 0 Å². The molecule has 0 spiro atoms. The number of rotatable bonds is 5. The lowest BCUT2D eigenvalue weighted by molar-refractivity contribution is 0.674. The Morgan fingerprint density at radius 1 is 1.67 bits per heavy atom. The fourth-order valence-corrected chi connectivity index (χ4v) is 2.17. The molecule has 4 heteroatoms. The number of thiazole rings is 1.